The van der Waals surface area contributed by atoms with Crippen LogP contribution in [0.2, 0.25) is 0 Å². The van der Waals surface area contributed by atoms with Gasteiger partial charge in [-0.25, -0.2) is 9.78 Å². The Hall–Kier alpha value is -2.47. The molecule has 0 aliphatic rings. The summed E-state index contributed by atoms with van der Waals surface area (Å²) in [5.41, 5.74) is 0.760. The van der Waals surface area contributed by atoms with Crippen LogP contribution in [0.3, 0.4) is 0 Å². The summed E-state index contributed by atoms with van der Waals surface area (Å²) in [6.45, 7) is 1.99. The molecule has 2 aromatic heterocycles. The molecule has 0 bridgehead atoms. The first-order valence-corrected chi connectivity index (χ1v) is 7.32. The van der Waals surface area contributed by atoms with Crippen molar-refractivity contribution >= 4 is 27.5 Å². The minimum atomic E-state index is -0.497. The van der Waals surface area contributed by atoms with E-state index in [0.29, 0.717) is 10.7 Å². The molecule has 0 saturated carbocycles. The Bertz CT molecular complexity index is 852. The number of nitrogens with one attached hydrogen (secondary N) is 1. The van der Waals surface area contributed by atoms with Crippen LogP contribution in [0.5, 0.6) is 0 Å². The van der Waals surface area contributed by atoms with Crippen LogP contribution in [-0.4, -0.2) is 22.5 Å². The molecular formula is C15H12N2O3S. The zero-order chi connectivity index (χ0) is 14.8. The molecule has 1 N–H and O–H groups in total. The van der Waals surface area contributed by atoms with Gasteiger partial charge >= 0.3 is 5.97 Å². The highest BCUT2D eigenvalue weighted by Crippen LogP contribution is 2.24. The van der Waals surface area contributed by atoms with E-state index in [2.05, 4.69) is 9.97 Å². The summed E-state index contributed by atoms with van der Waals surface area (Å²) in [7, 11) is 0. The number of fused-ring (bicyclic) bond motifs is 1. The van der Waals surface area contributed by atoms with Gasteiger partial charge in [0.05, 0.1) is 17.6 Å². The molecule has 0 aliphatic heterocycles. The maximum absolute atomic E-state index is 12.3. The molecule has 1 aromatic carbocycles. The van der Waals surface area contributed by atoms with E-state index in [4.69, 9.17) is 4.74 Å². The van der Waals surface area contributed by atoms with Gasteiger partial charge < -0.3 is 9.72 Å². The molecule has 3 rings (SSSR count). The molecule has 0 spiro atoms. The molecule has 3 aromatic rings. The van der Waals surface area contributed by atoms with Gasteiger partial charge in [-0.2, -0.15) is 0 Å². The van der Waals surface area contributed by atoms with Crippen LogP contribution in [0.25, 0.3) is 21.6 Å². The monoisotopic (exact) mass is 300 g/mol. The number of aromatic nitrogens is 2. The summed E-state index contributed by atoms with van der Waals surface area (Å²) < 4.78 is 4.95. The van der Waals surface area contributed by atoms with Gasteiger partial charge in [0.15, 0.2) is 0 Å². The van der Waals surface area contributed by atoms with Crippen LogP contribution in [-0.2, 0) is 4.74 Å². The summed E-state index contributed by atoms with van der Waals surface area (Å²) in [6.07, 6.45) is 0. The Kier molecular flexibility index (Phi) is 3.53. The lowest BCUT2D eigenvalue weighted by molar-refractivity contribution is 0.0529. The number of carbonyl (C=O) groups excluding carboxylic acids is 1. The number of hydrogen-bond donors (Lipinski definition) is 1. The zero-order valence-electron chi connectivity index (χ0n) is 11.3. The Labute approximate surface area is 124 Å². The second-order valence-corrected chi connectivity index (χ2v) is 5.19. The van der Waals surface area contributed by atoms with Crippen molar-refractivity contribution in [1.82, 2.24) is 9.97 Å². The standard InChI is InChI=1S/C15H12N2O3S/c1-2-20-15(19)10-8-21-14-11(10)13(18)16-12(17-14)9-6-4-3-5-7-9/h3-8H,2H2,1H3,(H,16,17,18). The number of ether oxygens (including phenoxy) is 1. The largest absolute Gasteiger partial charge is 0.462 e. The van der Waals surface area contributed by atoms with Gasteiger partial charge in [0.25, 0.3) is 5.56 Å². The van der Waals surface area contributed by atoms with E-state index >= 15 is 0 Å². The molecule has 106 valence electrons. The van der Waals surface area contributed by atoms with Gasteiger partial charge in [0.1, 0.15) is 10.7 Å². The Morgan fingerprint density at radius 2 is 2.10 bits per heavy atom. The highest BCUT2D eigenvalue weighted by Gasteiger charge is 2.18. The molecule has 21 heavy (non-hydrogen) atoms. The first kappa shape index (κ1) is 13.5. The summed E-state index contributed by atoms with van der Waals surface area (Å²) >= 11 is 1.26. The maximum atomic E-state index is 12.3. The van der Waals surface area contributed by atoms with Crippen LogP contribution >= 0.6 is 11.3 Å². The first-order valence-electron chi connectivity index (χ1n) is 6.44. The molecule has 0 saturated heterocycles. The van der Waals surface area contributed by atoms with Gasteiger partial charge in [0.2, 0.25) is 0 Å². The molecule has 5 nitrogen and oxygen atoms in total. The summed E-state index contributed by atoms with van der Waals surface area (Å²) in [5.74, 6) is -0.00568. The fourth-order valence-electron chi connectivity index (χ4n) is 2.04. The molecule has 2 heterocycles. The van der Waals surface area contributed by atoms with Crippen molar-refractivity contribution in [3.05, 3.63) is 51.6 Å². The second-order valence-electron chi connectivity index (χ2n) is 4.33. The van der Waals surface area contributed by atoms with E-state index in [9.17, 15) is 9.59 Å². The highest BCUT2D eigenvalue weighted by atomic mass is 32.1. The fraction of sp³-hybridized carbons (Fsp3) is 0.133. The number of nitrogens with zero attached hydrogens (tertiary/aromatic N) is 1. The summed E-state index contributed by atoms with van der Waals surface area (Å²) in [4.78, 5) is 31.8. The average molecular weight is 300 g/mol. The van der Waals surface area contributed by atoms with Crippen molar-refractivity contribution in [3.8, 4) is 11.4 Å². The van der Waals surface area contributed by atoms with Gasteiger partial charge in [-0.1, -0.05) is 30.3 Å². The number of hydrogen-bond acceptors (Lipinski definition) is 5. The van der Waals surface area contributed by atoms with Crippen LogP contribution in [0.15, 0.2) is 40.5 Å². The zero-order valence-corrected chi connectivity index (χ0v) is 12.1. The van der Waals surface area contributed by atoms with Gasteiger partial charge in [-0.05, 0) is 6.92 Å². The molecule has 0 fully saturated rings. The molecule has 0 unspecified atom stereocenters. The molecule has 0 atom stereocenters. The Balaban J connectivity index is 2.15. The van der Waals surface area contributed by atoms with E-state index in [0.717, 1.165) is 5.56 Å². The number of H-pyrrole nitrogens is 1. The minimum Gasteiger partial charge on any atom is -0.462 e. The van der Waals surface area contributed by atoms with Gasteiger partial charge in [0, 0.05) is 10.9 Å². The van der Waals surface area contributed by atoms with Crippen LogP contribution in [0.1, 0.15) is 17.3 Å². The number of carbonyl (C=O) groups is 1. The maximum Gasteiger partial charge on any atom is 0.339 e. The quantitative estimate of drug-likeness (QED) is 0.755. The smallest absolute Gasteiger partial charge is 0.339 e. The Morgan fingerprint density at radius 1 is 1.33 bits per heavy atom. The molecule has 0 aliphatic carbocycles. The van der Waals surface area contributed by atoms with Gasteiger partial charge in [-0.3, -0.25) is 4.79 Å². The molecule has 6 heteroatoms. The van der Waals surface area contributed by atoms with E-state index in [-0.39, 0.29) is 23.1 Å². The van der Waals surface area contributed by atoms with Crippen LogP contribution < -0.4 is 5.56 Å². The number of aromatic amines is 1. The number of rotatable bonds is 3. The van der Waals surface area contributed by atoms with Crippen molar-refractivity contribution in [2.45, 2.75) is 6.92 Å². The topological polar surface area (TPSA) is 72.0 Å². The Morgan fingerprint density at radius 3 is 2.81 bits per heavy atom. The summed E-state index contributed by atoms with van der Waals surface area (Å²) in [5, 5.41) is 1.90. The third-order valence-corrected chi connectivity index (χ3v) is 3.86. The third kappa shape index (κ3) is 2.45. The van der Waals surface area contributed by atoms with Crippen LogP contribution in [0.4, 0.5) is 0 Å². The summed E-state index contributed by atoms with van der Waals surface area (Å²) in [6, 6.07) is 9.37. The normalized spacial score (nSPS) is 10.7. The molecule has 0 amide bonds. The predicted octanol–water partition coefficient (Wildman–Crippen LogP) is 2.83. The van der Waals surface area contributed by atoms with Crippen molar-refractivity contribution in [1.29, 1.82) is 0 Å². The number of benzene rings is 1. The van der Waals surface area contributed by atoms with Crippen molar-refractivity contribution < 1.29 is 9.53 Å². The predicted molar refractivity (Wildman–Crippen MR) is 81.6 cm³/mol. The highest BCUT2D eigenvalue weighted by molar-refractivity contribution is 7.17. The van der Waals surface area contributed by atoms with Gasteiger partial charge in [-0.15, -0.1) is 11.3 Å². The van der Waals surface area contributed by atoms with Crippen LogP contribution in [0, 0.1) is 0 Å². The third-order valence-electron chi connectivity index (χ3n) is 2.99. The van der Waals surface area contributed by atoms with E-state index in [1.54, 1.807) is 12.3 Å². The van der Waals surface area contributed by atoms with E-state index in [1.807, 2.05) is 30.3 Å². The number of thiophene rings is 1. The molecular weight excluding hydrogens is 288 g/mol. The van der Waals surface area contributed by atoms with Crippen molar-refractivity contribution in [2.75, 3.05) is 6.61 Å². The van der Waals surface area contributed by atoms with E-state index < -0.39 is 5.97 Å². The first-order chi connectivity index (χ1) is 10.2. The van der Waals surface area contributed by atoms with E-state index in [1.165, 1.54) is 11.3 Å². The average Bonchev–Trinajstić information content (AvgIpc) is 2.93. The fourth-order valence-corrected chi connectivity index (χ4v) is 2.95. The van der Waals surface area contributed by atoms with Crippen molar-refractivity contribution in [2.24, 2.45) is 0 Å². The van der Waals surface area contributed by atoms with Crippen molar-refractivity contribution in [3.63, 3.8) is 0 Å². The molecule has 0 radical (unpaired) electrons. The number of esters is 1. The minimum absolute atomic E-state index is 0.267. The lowest BCUT2D eigenvalue weighted by Gasteiger charge is -2.02. The SMILES string of the molecule is CCOC(=O)c1csc2nc(-c3ccccc3)[nH]c(=O)c12. The lowest BCUT2D eigenvalue weighted by atomic mass is 10.2. The lowest BCUT2D eigenvalue weighted by Crippen LogP contribution is -2.13. The second kappa shape index (κ2) is 5.49.